The molecule has 0 saturated heterocycles. The summed E-state index contributed by atoms with van der Waals surface area (Å²) in [7, 11) is 0. The minimum atomic E-state index is -0.305. The maximum Gasteiger partial charge on any atom is 0.286 e. The van der Waals surface area contributed by atoms with Gasteiger partial charge in [0.25, 0.3) is 5.91 Å². The van der Waals surface area contributed by atoms with Crippen molar-refractivity contribution in [2.24, 2.45) is 5.92 Å². The second-order valence-electron chi connectivity index (χ2n) is 4.69. The molecular weight excluding hydrogens is 288 g/mol. The van der Waals surface area contributed by atoms with E-state index in [0.29, 0.717) is 10.7 Å². The van der Waals surface area contributed by atoms with E-state index in [9.17, 15) is 9.59 Å². The van der Waals surface area contributed by atoms with Crippen molar-refractivity contribution in [2.75, 3.05) is 5.32 Å². The van der Waals surface area contributed by atoms with E-state index in [1.165, 1.54) is 0 Å². The smallest absolute Gasteiger partial charge is 0.286 e. The Morgan fingerprint density at radius 2 is 1.90 bits per heavy atom. The number of para-hydroxylation sites is 1. The van der Waals surface area contributed by atoms with E-state index in [0.717, 1.165) is 11.3 Å². The molecule has 2 aromatic rings. The highest BCUT2D eigenvalue weighted by atomic mass is 32.1. The minimum absolute atomic E-state index is 0.0551. The molecule has 0 radical (unpaired) electrons. The van der Waals surface area contributed by atoms with Crippen LogP contribution in [0.15, 0.2) is 30.3 Å². The maximum atomic E-state index is 12.0. The quantitative estimate of drug-likeness (QED) is 0.885. The van der Waals surface area contributed by atoms with Crippen LogP contribution >= 0.6 is 11.3 Å². The third-order valence-corrected chi connectivity index (χ3v) is 3.55. The normalized spacial score (nSPS) is 10.4. The Morgan fingerprint density at radius 1 is 1.19 bits per heavy atom. The van der Waals surface area contributed by atoms with Gasteiger partial charge in [-0.15, -0.1) is 10.2 Å². The first-order chi connectivity index (χ1) is 10.1. The molecule has 2 amide bonds. The van der Waals surface area contributed by atoms with Crippen LogP contribution in [-0.4, -0.2) is 22.0 Å². The maximum absolute atomic E-state index is 12.0. The van der Waals surface area contributed by atoms with Crippen molar-refractivity contribution in [2.45, 2.75) is 20.4 Å². The Balaban J connectivity index is 1.93. The molecule has 0 bridgehead atoms. The first kappa shape index (κ1) is 15.1. The summed E-state index contributed by atoms with van der Waals surface area (Å²) < 4.78 is 0. The van der Waals surface area contributed by atoms with Gasteiger partial charge in [-0.2, -0.15) is 0 Å². The Hall–Kier alpha value is -2.28. The summed E-state index contributed by atoms with van der Waals surface area (Å²) in [4.78, 5) is 23.4. The molecule has 7 heteroatoms. The van der Waals surface area contributed by atoms with Crippen molar-refractivity contribution in [3.05, 3.63) is 40.3 Å². The molecule has 0 aliphatic carbocycles. The van der Waals surface area contributed by atoms with E-state index >= 15 is 0 Å². The van der Waals surface area contributed by atoms with Gasteiger partial charge in [0, 0.05) is 11.6 Å². The molecule has 1 aromatic carbocycles. The highest BCUT2D eigenvalue weighted by Gasteiger charge is 2.14. The van der Waals surface area contributed by atoms with E-state index in [-0.39, 0.29) is 29.3 Å². The zero-order valence-corrected chi connectivity index (χ0v) is 12.6. The van der Waals surface area contributed by atoms with Crippen molar-refractivity contribution in [1.29, 1.82) is 0 Å². The Bertz CT molecular complexity index is 625. The van der Waals surface area contributed by atoms with Gasteiger partial charge >= 0.3 is 0 Å². The molecule has 0 aliphatic rings. The van der Waals surface area contributed by atoms with Gasteiger partial charge in [-0.25, -0.2) is 0 Å². The summed E-state index contributed by atoms with van der Waals surface area (Å²) in [5, 5.41) is 14.1. The van der Waals surface area contributed by atoms with Crippen LogP contribution < -0.4 is 10.6 Å². The number of carbonyl (C=O) groups excluding carboxylic acids is 2. The molecule has 1 aromatic heterocycles. The largest absolute Gasteiger partial charge is 0.349 e. The van der Waals surface area contributed by atoms with Gasteiger partial charge in [-0.3, -0.25) is 9.59 Å². The first-order valence-corrected chi connectivity index (χ1v) is 7.34. The van der Waals surface area contributed by atoms with Gasteiger partial charge < -0.3 is 10.6 Å². The molecule has 2 rings (SSSR count). The standard InChI is InChI=1S/C14H16N4O2S/c1-9(2)12(19)15-8-11-17-18-14(21-11)13(20)16-10-6-4-3-5-7-10/h3-7,9H,8H2,1-2H3,(H,15,19)(H,16,20). The molecule has 0 unspecified atom stereocenters. The third kappa shape index (κ3) is 4.35. The van der Waals surface area contributed by atoms with Crippen molar-refractivity contribution in [1.82, 2.24) is 15.5 Å². The molecule has 0 atom stereocenters. The van der Waals surface area contributed by atoms with Crippen LogP contribution in [0.2, 0.25) is 0 Å². The predicted octanol–water partition coefficient (Wildman–Crippen LogP) is 2.06. The predicted molar refractivity (Wildman–Crippen MR) is 81.0 cm³/mol. The number of nitrogens with one attached hydrogen (secondary N) is 2. The number of nitrogens with zero attached hydrogens (tertiary/aromatic N) is 2. The van der Waals surface area contributed by atoms with E-state index in [4.69, 9.17) is 0 Å². The average Bonchev–Trinajstić information content (AvgIpc) is 2.94. The van der Waals surface area contributed by atoms with Crippen molar-refractivity contribution >= 4 is 28.8 Å². The number of amides is 2. The average molecular weight is 304 g/mol. The van der Waals surface area contributed by atoms with E-state index < -0.39 is 0 Å². The molecule has 1 heterocycles. The van der Waals surface area contributed by atoms with Crippen LogP contribution in [0.3, 0.4) is 0 Å². The lowest BCUT2D eigenvalue weighted by Crippen LogP contribution is -2.27. The van der Waals surface area contributed by atoms with Gasteiger partial charge in [0.2, 0.25) is 10.9 Å². The molecule has 0 spiro atoms. The molecule has 0 fully saturated rings. The van der Waals surface area contributed by atoms with Gasteiger partial charge in [0.05, 0.1) is 6.54 Å². The SMILES string of the molecule is CC(C)C(=O)NCc1nnc(C(=O)Nc2ccccc2)s1. The highest BCUT2D eigenvalue weighted by molar-refractivity contribution is 7.13. The highest BCUT2D eigenvalue weighted by Crippen LogP contribution is 2.13. The fourth-order valence-electron chi connectivity index (χ4n) is 1.49. The number of carbonyl (C=O) groups is 2. The molecule has 0 saturated carbocycles. The summed E-state index contributed by atoms with van der Waals surface area (Å²) in [6.45, 7) is 3.91. The van der Waals surface area contributed by atoms with Crippen LogP contribution in [0.5, 0.6) is 0 Å². The van der Waals surface area contributed by atoms with Gasteiger partial charge in [0.1, 0.15) is 5.01 Å². The summed E-state index contributed by atoms with van der Waals surface area (Å²) >= 11 is 1.16. The Morgan fingerprint density at radius 3 is 2.57 bits per heavy atom. The molecular formula is C14H16N4O2S. The van der Waals surface area contributed by atoms with Crippen LogP contribution in [0.1, 0.15) is 28.7 Å². The molecule has 21 heavy (non-hydrogen) atoms. The van der Waals surface area contributed by atoms with Crippen LogP contribution in [0, 0.1) is 5.92 Å². The molecule has 2 N–H and O–H groups in total. The van der Waals surface area contributed by atoms with Crippen LogP contribution in [0.4, 0.5) is 5.69 Å². The van der Waals surface area contributed by atoms with Crippen LogP contribution in [-0.2, 0) is 11.3 Å². The van der Waals surface area contributed by atoms with Crippen LogP contribution in [0.25, 0.3) is 0 Å². The zero-order chi connectivity index (χ0) is 15.2. The fourth-order valence-corrected chi connectivity index (χ4v) is 2.16. The number of benzene rings is 1. The Labute approximate surface area is 126 Å². The molecule has 6 nitrogen and oxygen atoms in total. The lowest BCUT2D eigenvalue weighted by molar-refractivity contribution is -0.124. The second-order valence-corrected chi connectivity index (χ2v) is 5.76. The topological polar surface area (TPSA) is 84.0 Å². The summed E-state index contributed by atoms with van der Waals surface area (Å²) in [6, 6.07) is 9.13. The second kappa shape index (κ2) is 6.94. The summed E-state index contributed by atoms with van der Waals surface area (Å²) in [5.74, 6) is -0.445. The van der Waals surface area contributed by atoms with E-state index in [1.54, 1.807) is 12.1 Å². The lowest BCUT2D eigenvalue weighted by atomic mass is 10.2. The monoisotopic (exact) mass is 304 g/mol. The third-order valence-electron chi connectivity index (χ3n) is 2.63. The van der Waals surface area contributed by atoms with Crippen molar-refractivity contribution < 1.29 is 9.59 Å². The Kier molecular flexibility index (Phi) is 4.99. The number of rotatable bonds is 5. The number of aromatic nitrogens is 2. The van der Waals surface area contributed by atoms with E-state index in [2.05, 4.69) is 20.8 Å². The summed E-state index contributed by atoms with van der Waals surface area (Å²) in [6.07, 6.45) is 0. The summed E-state index contributed by atoms with van der Waals surface area (Å²) in [5.41, 5.74) is 0.701. The molecule has 110 valence electrons. The van der Waals surface area contributed by atoms with Crippen molar-refractivity contribution in [3.8, 4) is 0 Å². The van der Waals surface area contributed by atoms with Crippen molar-refractivity contribution in [3.63, 3.8) is 0 Å². The number of hydrogen-bond donors (Lipinski definition) is 2. The van der Waals surface area contributed by atoms with Gasteiger partial charge in [0.15, 0.2) is 0 Å². The van der Waals surface area contributed by atoms with Gasteiger partial charge in [-0.1, -0.05) is 43.4 Å². The zero-order valence-electron chi connectivity index (χ0n) is 11.8. The molecule has 0 aliphatic heterocycles. The first-order valence-electron chi connectivity index (χ1n) is 6.52. The van der Waals surface area contributed by atoms with E-state index in [1.807, 2.05) is 32.0 Å². The lowest BCUT2D eigenvalue weighted by Gasteiger charge is -2.04. The number of anilines is 1. The fraction of sp³-hybridized carbons (Fsp3) is 0.286. The minimum Gasteiger partial charge on any atom is -0.349 e. The van der Waals surface area contributed by atoms with Gasteiger partial charge in [-0.05, 0) is 12.1 Å². The number of hydrogen-bond acceptors (Lipinski definition) is 5.